The van der Waals surface area contributed by atoms with Gasteiger partial charge >= 0.3 is 6.09 Å². The highest BCUT2D eigenvalue weighted by Gasteiger charge is 2.28. The Morgan fingerprint density at radius 3 is 2.02 bits per heavy atom. The average molecular weight is 606 g/mol. The van der Waals surface area contributed by atoms with E-state index in [2.05, 4.69) is 58.3 Å². The van der Waals surface area contributed by atoms with Gasteiger partial charge in [0.25, 0.3) is 5.56 Å². The van der Waals surface area contributed by atoms with Crippen molar-refractivity contribution in [1.82, 2.24) is 19.4 Å². The van der Waals surface area contributed by atoms with Gasteiger partial charge in [0.05, 0.1) is 17.3 Å². The highest BCUT2D eigenvalue weighted by molar-refractivity contribution is 5.68. The fourth-order valence-corrected chi connectivity index (χ4v) is 6.41. The Morgan fingerprint density at radius 2 is 1.44 bits per heavy atom. The molecule has 4 aromatic rings. The van der Waals surface area contributed by atoms with Crippen molar-refractivity contribution in [3.8, 4) is 0 Å². The summed E-state index contributed by atoms with van der Waals surface area (Å²) in [5, 5.41) is 0. The third kappa shape index (κ3) is 6.96. The van der Waals surface area contributed by atoms with Crippen molar-refractivity contribution in [1.29, 1.82) is 0 Å². The van der Waals surface area contributed by atoms with E-state index in [-0.39, 0.29) is 17.7 Å². The molecule has 3 heterocycles. The zero-order valence-electron chi connectivity index (χ0n) is 26.8. The second-order valence-corrected chi connectivity index (χ2v) is 13.1. The van der Waals surface area contributed by atoms with Crippen LogP contribution in [0.1, 0.15) is 60.6 Å². The number of fused-ring (bicyclic) bond motifs is 1. The van der Waals surface area contributed by atoms with E-state index in [0.717, 1.165) is 66.5 Å². The third-order valence-corrected chi connectivity index (χ3v) is 8.65. The lowest BCUT2D eigenvalue weighted by atomic mass is 9.97. The van der Waals surface area contributed by atoms with E-state index in [0.29, 0.717) is 19.6 Å². The topological polar surface area (TPSA) is 70.9 Å². The molecule has 6 rings (SSSR count). The summed E-state index contributed by atoms with van der Waals surface area (Å²) >= 11 is 0. The largest absolute Gasteiger partial charge is 0.444 e. The lowest BCUT2D eigenvalue weighted by molar-refractivity contribution is 0.0240. The minimum Gasteiger partial charge on any atom is -0.444 e. The van der Waals surface area contributed by atoms with Crippen LogP contribution in [-0.4, -0.2) is 63.8 Å². The number of amides is 1. The van der Waals surface area contributed by atoms with Gasteiger partial charge < -0.3 is 14.5 Å². The fourth-order valence-electron chi connectivity index (χ4n) is 6.41. The molecule has 8 nitrogen and oxygen atoms in total. The van der Waals surface area contributed by atoms with Gasteiger partial charge in [-0.1, -0.05) is 72.8 Å². The molecule has 8 heteroatoms. The van der Waals surface area contributed by atoms with E-state index in [1.807, 2.05) is 68.7 Å². The molecular formula is C37H43N5O3. The molecule has 234 valence electrons. The number of ether oxygens (including phenoxy) is 1. The normalized spacial score (nSPS) is 15.7. The Kier molecular flexibility index (Phi) is 8.76. The van der Waals surface area contributed by atoms with Crippen LogP contribution in [0.15, 0.2) is 89.7 Å². The van der Waals surface area contributed by atoms with Gasteiger partial charge in [-0.2, -0.15) is 0 Å². The molecule has 0 saturated carbocycles. The number of rotatable bonds is 6. The van der Waals surface area contributed by atoms with Gasteiger partial charge in [0.15, 0.2) is 0 Å². The van der Waals surface area contributed by atoms with Crippen LogP contribution in [-0.2, 0) is 24.2 Å². The van der Waals surface area contributed by atoms with Gasteiger partial charge in [-0.25, -0.2) is 9.78 Å². The highest BCUT2D eigenvalue weighted by atomic mass is 16.6. The van der Waals surface area contributed by atoms with Crippen molar-refractivity contribution in [3.05, 3.63) is 129 Å². The summed E-state index contributed by atoms with van der Waals surface area (Å²) in [4.78, 5) is 38.1. The second-order valence-electron chi connectivity index (χ2n) is 13.1. The molecule has 2 aliphatic heterocycles. The maximum atomic E-state index is 14.2. The molecule has 0 atom stereocenters. The van der Waals surface area contributed by atoms with Crippen LogP contribution in [0.25, 0.3) is 0 Å². The summed E-state index contributed by atoms with van der Waals surface area (Å²) in [6, 6.07) is 28.9. The van der Waals surface area contributed by atoms with E-state index < -0.39 is 5.60 Å². The van der Waals surface area contributed by atoms with Gasteiger partial charge in [-0.3, -0.25) is 14.3 Å². The standard InChI is InChI=1S/C37H43N5O3/c1-27-38-33-19-20-39(25-28-15-17-31(18-16-28)40-21-23-41(24-22-40)36(44)45-37(2,3)4)26-32(33)35(43)42(27)34(29-11-7-5-8-12-29)30-13-9-6-10-14-30/h5-18,34H,19-26H2,1-4H3. The Morgan fingerprint density at radius 1 is 0.844 bits per heavy atom. The molecule has 0 unspecified atom stereocenters. The van der Waals surface area contributed by atoms with Crippen LogP contribution in [0.4, 0.5) is 10.5 Å². The molecule has 1 amide bonds. The van der Waals surface area contributed by atoms with E-state index in [1.165, 1.54) is 5.56 Å². The molecule has 45 heavy (non-hydrogen) atoms. The van der Waals surface area contributed by atoms with Gasteiger partial charge in [0.2, 0.25) is 0 Å². The Hall–Kier alpha value is -4.43. The summed E-state index contributed by atoms with van der Waals surface area (Å²) in [5.74, 6) is 0.743. The summed E-state index contributed by atoms with van der Waals surface area (Å²) in [6.07, 6.45) is 0.515. The van der Waals surface area contributed by atoms with Crippen LogP contribution in [0.2, 0.25) is 0 Å². The number of aryl methyl sites for hydroxylation is 1. The zero-order valence-corrected chi connectivity index (χ0v) is 26.8. The predicted molar refractivity (Wildman–Crippen MR) is 178 cm³/mol. The molecule has 0 aliphatic carbocycles. The number of nitrogens with zero attached hydrogens (tertiary/aromatic N) is 5. The van der Waals surface area contributed by atoms with Gasteiger partial charge in [-0.15, -0.1) is 0 Å². The fraction of sp³-hybridized carbons (Fsp3) is 0.378. The SMILES string of the molecule is Cc1nc2c(c(=O)n1C(c1ccccc1)c1ccccc1)CN(Cc1ccc(N3CCN(C(=O)OC(C)(C)C)CC3)cc1)CC2. The number of carbonyl (C=O) groups excluding carboxylic acids is 1. The van der Waals surface area contributed by atoms with Crippen LogP contribution in [0.3, 0.4) is 0 Å². The monoisotopic (exact) mass is 605 g/mol. The smallest absolute Gasteiger partial charge is 0.410 e. The lowest BCUT2D eigenvalue weighted by Gasteiger charge is -2.36. The van der Waals surface area contributed by atoms with E-state index in [9.17, 15) is 9.59 Å². The van der Waals surface area contributed by atoms with Crippen molar-refractivity contribution in [3.63, 3.8) is 0 Å². The maximum absolute atomic E-state index is 14.2. The molecule has 0 spiro atoms. The summed E-state index contributed by atoms with van der Waals surface area (Å²) in [7, 11) is 0. The minimum atomic E-state index is -0.487. The summed E-state index contributed by atoms with van der Waals surface area (Å²) in [6.45, 7) is 12.7. The van der Waals surface area contributed by atoms with Gasteiger partial charge in [0, 0.05) is 57.9 Å². The molecule has 1 aromatic heterocycles. The number of hydrogen-bond acceptors (Lipinski definition) is 6. The first-order valence-electron chi connectivity index (χ1n) is 15.9. The number of piperazine rings is 1. The Labute approximate surface area is 265 Å². The van der Waals surface area contributed by atoms with Crippen molar-refractivity contribution in [2.75, 3.05) is 37.6 Å². The van der Waals surface area contributed by atoms with Crippen molar-refractivity contribution in [2.45, 2.75) is 58.8 Å². The summed E-state index contributed by atoms with van der Waals surface area (Å²) < 4.78 is 7.42. The molecule has 1 saturated heterocycles. The molecule has 0 N–H and O–H groups in total. The van der Waals surface area contributed by atoms with Gasteiger partial charge in [-0.05, 0) is 56.5 Å². The van der Waals surface area contributed by atoms with E-state index >= 15 is 0 Å². The lowest BCUT2D eigenvalue weighted by Crippen LogP contribution is -2.50. The minimum absolute atomic E-state index is 0.0424. The van der Waals surface area contributed by atoms with Crippen LogP contribution >= 0.6 is 0 Å². The molecular weight excluding hydrogens is 562 g/mol. The van der Waals surface area contributed by atoms with Crippen LogP contribution < -0.4 is 10.5 Å². The second kappa shape index (κ2) is 12.9. The Balaban J connectivity index is 1.15. The van der Waals surface area contributed by atoms with Crippen molar-refractivity contribution in [2.24, 2.45) is 0 Å². The van der Waals surface area contributed by atoms with Crippen molar-refractivity contribution < 1.29 is 9.53 Å². The number of hydrogen-bond donors (Lipinski definition) is 0. The molecule has 0 bridgehead atoms. The van der Waals surface area contributed by atoms with Crippen molar-refractivity contribution >= 4 is 11.8 Å². The molecule has 2 aliphatic rings. The number of anilines is 1. The van der Waals surface area contributed by atoms with Crippen LogP contribution in [0.5, 0.6) is 0 Å². The van der Waals surface area contributed by atoms with E-state index in [4.69, 9.17) is 9.72 Å². The highest BCUT2D eigenvalue weighted by Crippen LogP contribution is 2.28. The first-order chi connectivity index (χ1) is 21.7. The first-order valence-corrected chi connectivity index (χ1v) is 15.9. The van der Waals surface area contributed by atoms with Gasteiger partial charge in [0.1, 0.15) is 11.4 Å². The quantitative estimate of drug-likeness (QED) is 0.277. The number of aromatic nitrogens is 2. The molecule has 0 radical (unpaired) electrons. The first kappa shape index (κ1) is 30.6. The van der Waals surface area contributed by atoms with E-state index in [1.54, 1.807) is 4.90 Å². The zero-order chi connectivity index (χ0) is 31.6. The molecule has 3 aromatic carbocycles. The average Bonchev–Trinajstić information content (AvgIpc) is 3.04. The number of carbonyl (C=O) groups is 1. The predicted octanol–water partition coefficient (Wildman–Crippen LogP) is 5.80. The maximum Gasteiger partial charge on any atom is 0.410 e. The Bertz CT molecular complexity index is 1630. The third-order valence-electron chi connectivity index (χ3n) is 8.65. The number of benzene rings is 3. The molecule has 1 fully saturated rings. The van der Waals surface area contributed by atoms with Crippen LogP contribution in [0, 0.1) is 6.92 Å². The summed E-state index contributed by atoms with van der Waals surface area (Å²) in [5.41, 5.74) is 5.77.